The second-order valence-corrected chi connectivity index (χ2v) is 3.04. The average molecular weight is 175 g/mol. The minimum atomic E-state index is 0.312. The molecule has 1 aromatic heterocycles. The number of nitrogens with two attached hydrogens (primary N) is 1. The molecule has 3 nitrogen and oxygen atoms in total. The Morgan fingerprint density at radius 1 is 1.38 bits per heavy atom. The molecule has 0 unspecified atom stereocenters. The van der Waals surface area contributed by atoms with Crippen molar-refractivity contribution in [2.45, 2.75) is 6.92 Å². The van der Waals surface area contributed by atoms with Gasteiger partial charge in [-0.3, -0.25) is 4.79 Å². The first-order chi connectivity index (χ1) is 6.20. The number of fused-ring (bicyclic) bond motifs is 1. The van der Waals surface area contributed by atoms with Crippen LogP contribution in [0.25, 0.3) is 11.0 Å². The van der Waals surface area contributed by atoms with Crippen LogP contribution in [0.2, 0.25) is 0 Å². The molecule has 3 heteroatoms. The number of carbonyl (C=O) groups excluding carboxylic acids is 1. The summed E-state index contributed by atoms with van der Waals surface area (Å²) in [6.45, 7) is 1.95. The Kier molecular flexibility index (Phi) is 1.59. The quantitative estimate of drug-likeness (QED) is 0.533. The fourth-order valence-corrected chi connectivity index (χ4v) is 1.41. The number of nitrogen functional groups attached to an aromatic ring is 1. The highest BCUT2D eigenvalue weighted by Gasteiger charge is 2.06. The molecule has 0 saturated carbocycles. The molecular weight excluding hydrogens is 166 g/mol. The molecule has 0 saturated heterocycles. The van der Waals surface area contributed by atoms with Crippen LogP contribution >= 0.6 is 0 Å². The number of aryl methyl sites for hydroxylation is 1. The van der Waals surface area contributed by atoms with Crippen LogP contribution in [-0.2, 0) is 0 Å². The molecule has 2 N–H and O–H groups in total. The summed E-state index contributed by atoms with van der Waals surface area (Å²) >= 11 is 0. The molecule has 2 aromatic rings. The van der Waals surface area contributed by atoms with E-state index in [0.29, 0.717) is 23.3 Å². The molecule has 13 heavy (non-hydrogen) atoms. The molecule has 0 spiro atoms. The van der Waals surface area contributed by atoms with Crippen molar-refractivity contribution < 1.29 is 9.21 Å². The van der Waals surface area contributed by atoms with Gasteiger partial charge in [0.2, 0.25) is 0 Å². The Hall–Kier alpha value is -1.77. The zero-order valence-electron chi connectivity index (χ0n) is 7.20. The Balaban J connectivity index is 2.82. The monoisotopic (exact) mass is 175 g/mol. The number of benzene rings is 1. The van der Waals surface area contributed by atoms with Gasteiger partial charge in [0.1, 0.15) is 0 Å². The van der Waals surface area contributed by atoms with Gasteiger partial charge >= 0.3 is 0 Å². The highest BCUT2D eigenvalue weighted by atomic mass is 16.3. The number of anilines is 1. The SMILES string of the molecule is Cc1cc(N)c2oc(C=O)cc2c1. The van der Waals surface area contributed by atoms with Crippen molar-refractivity contribution in [2.24, 2.45) is 0 Å². The third-order valence-electron chi connectivity index (χ3n) is 1.92. The van der Waals surface area contributed by atoms with E-state index in [2.05, 4.69) is 0 Å². The van der Waals surface area contributed by atoms with Crippen LogP contribution in [0.4, 0.5) is 5.69 Å². The normalized spacial score (nSPS) is 10.5. The number of furan rings is 1. The number of carbonyl (C=O) groups is 1. The van der Waals surface area contributed by atoms with Crippen molar-refractivity contribution in [3.05, 3.63) is 29.5 Å². The maximum absolute atomic E-state index is 10.4. The molecule has 0 radical (unpaired) electrons. The first kappa shape index (κ1) is 7.86. The summed E-state index contributed by atoms with van der Waals surface area (Å²) in [5, 5.41) is 0.875. The van der Waals surface area contributed by atoms with Gasteiger partial charge in [0.05, 0.1) is 5.69 Å². The van der Waals surface area contributed by atoms with Gasteiger partial charge in [-0.25, -0.2) is 0 Å². The van der Waals surface area contributed by atoms with Crippen LogP contribution in [-0.4, -0.2) is 6.29 Å². The number of hydrogen-bond donors (Lipinski definition) is 1. The van der Waals surface area contributed by atoms with Gasteiger partial charge in [-0.1, -0.05) is 0 Å². The summed E-state index contributed by atoms with van der Waals surface area (Å²) in [6.07, 6.45) is 0.675. The van der Waals surface area contributed by atoms with E-state index in [1.165, 1.54) is 0 Å². The molecule has 1 heterocycles. The molecule has 1 aromatic carbocycles. The topological polar surface area (TPSA) is 56.2 Å². The zero-order valence-corrected chi connectivity index (χ0v) is 7.20. The van der Waals surface area contributed by atoms with Gasteiger partial charge in [-0.2, -0.15) is 0 Å². The Morgan fingerprint density at radius 2 is 2.15 bits per heavy atom. The lowest BCUT2D eigenvalue weighted by Gasteiger charge is -1.96. The average Bonchev–Trinajstić information content (AvgIpc) is 2.47. The van der Waals surface area contributed by atoms with E-state index in [4.69, 9.17) is 10.2 Å². The largest absolute Gasteiger partial charge is 0.451 e. The highest BCUT2D eigenvalue weighted by Crippen LogP contribution is 2.25. The number of aldehydes is 1. The summed E-state index contributed by atoms with van der Waals surface area (Å²) in [5.74, 6) is 0.312. The molecule has 0 bridgehead atoms. The van der Waals surface area contributed by atoms with Crippen molar-refractivity contribution in [1.29, 1.82) is 0 Å². The first-order valence-electron chi connectivity index (χ1n) is 3.95. The van der Waals surface area contributed by atoms with Gasteiger partial charge in [-0.05, 0) is 30.7 Å². The molecule has 66 valence electrons. The predicted octanol–water partition coefficient (Wildman–Crippen LogP) is 2.14. The van der Waals surface area contributed by atoms with Crippen molar-refractivity contribution >= 4 is 22.9 Å². The minimum absolute atomic E-state index is 0.312. The summed E-state index contributed by atoms with van der Waals surface area (Å²) < 4.78 is 5.21. The summed E-state index contributed by atoms with van der Waals surface area (Å²) in [6, 6.07) is 5.44. The van der Waals surface area contributed by atoms with Crippen LogP contribution in [0.1, 0.15) is 16.1 Å². The summed E-state index contributed by atoms with van der Waals surface area (Å²) in [7, 11) is 0. The smallest absolute Gasteiger partial charge is 0.185 e. The minimum Gasteiger partial charge on any atom is -0.451 e. The van der Waals surface area contributed by atoms with E-state index in [1.54, 1.807) is 6.07 Å². The summed E-state index contributed by atoms with van der Waals surface area (Å²) in [4.78, 5) is 10.4. The van der Waals surface area contributed by atoms with Gasteiger partial charge in [0.25, 0.3) is 0 Å². The van der Waals surface area contributed by atoms with E-state index in [1.807, 2.05) is 19.1 Å². The molecule has 2 rings (SSSR count). The predicted molar refractivity (Wildman–Crippen MR) is 50.8 cm³/mol. The number of rotatable bonds is 1. The first-order valence-corrected chi connectivity index (χ1v) is 3.95. The van der Waals surface area contributed by atoms with E-state index in [0.717, 1.165) is 10.9 Å². The van der Waals surface area contributed by atoms with Crippen LogP contribution in [0.15, 0.2) is 22.6 Å². The van der Waals surface area contributed by atoms with Gasteiger partial charge < -0.3 is 10.2 Å². The van der Waals surface area contributed by atoms with Crippen molar-refractivity contribution in [1.82, 2.24) is 0 Å². The van der Waals surface area contributed by atoms with Crippen LogP contribution in [0.5, 0.6) is 0 Å². The maximum Gasteiger partial charge on any atom is 0.185 e. The van der Waals surface area contributed by atoms with Crippen molar-refractivity contribution in [3.8, 4) is 0 Å². The van der Waals surface area contributed by atoms with E-state index in [9.17, 15) is 4.79 Å². The lowest BCUT2D eigenvalue weighted by Crippen LogP contribution is -1.85. The van der Waals surface area contributed by atoms with E-state index >= 15 is 0 Å². The summed E-state index contributed by atoms with van der Waals surface area (Å²) in [5.41, 5.74) is 7.94. The zero-order chi connectivity index (χ0) is 9.42. The third-order valence-corrected chi connectivity index (χ3v) is 1.92. The van der Waals surface area contributed by atoms with E-state index < -0.39 is 0 Å². The van der Waals surface area contributed by atoms with Crippen LogP contribution in [0.3, 0.4) is 0 Å². The Bertz CT molecular complexity index is 471. The molecular formula is C10H9NO2. The lowest BCUT2D eigenvalue weighted by atomic mass is 10.1. The Labute approximate surface area is 75.1 Å². The second-order valence-electron chi connectivity index (χ2n) is 3.04. The lowest BCUT2D eigenvalue weighted by molar-refractivity contribution is 0.110. The molecule has 0 aliphatic rings. The van der Waals surface area contributed by atoms with Crippen LogP contribution < -0.4 is 5.73 Å². The second kappa shape index (κ2) is 2.62. The fourth-order valence-electron chi connectivity index (χ4n) is 1.41. The third kappa shape index (κ3) is 1.18. The Morgan fingerprint density at radius 3 is 2.85 bits per heavy atom. The van der Waals surface area contributed by atoms with Crippen LogP contribution in [0, 0.1) is 6.92 Å². The molecule has 0 amide bonds. The molecule has 0 atom stereocenters. The van der Waals surface area contributed by atoms with Gasteiger partial charge in [0.15, 0.2) is 17.6 Å². The highest BCUT2D eigenvalue weighted by molar-refractivity contribution is 5.92. The van der Waals surface area contributed by atoms with E-state index in [-0.39, 0.29) is 0 Å². The van der Waals surface area contributed by atoms with Gasteiger partial charge in [-0.15, -0.1) is 0 Å². The molecule has 0 aliphatic heterocycles. The fraction of sp³-hybridized carbons (Fsp3) is 0.100. The van der Waals surface area contributed by atoms with Crippen molar-refractivity contribution in [3.63, 3.8) is 0 Å². The molecule has 0 fully saturated rings. The van der Waals surface area contributed by atoms with Gasteiger partial charge in [0, 0.05) is 5.39 Å². The standard InChI is InChI=1S/C10H9NO2/c1-6-2-7-4-8(5-12)13-10(7)9(11)3-6/h2-5H,11H2,1H3. The number of hydrogen-bond acceptors (Lipinski definition) is 3. The van der Waals surface area contributed by atoms with Crippen molar-refractivity contribution in [2.75, 3.05) is 5.73 Å². The maximum atomic E-state index is 10.4. The molecule has 0 aliphatic carbocycles.